The highest BCUT2D eigenvalue weighted by atomic mass is 16.5. The topological polar surface area (TPSA) is 94.5 Å². The lowest BCUT2D eigenvalue weighted by molar-refractivity contribution is 0.0847. The van der Waals surface area contributed by atoms with E-state index in [0.717, 1.165) is 11.1 Å². The number of nitrogens with zero attached hydrogens (tertiary/aromatic N) is 2. The van der Waals surface area contributed by atoms with E-state index in [-0.39, 0.29) is 0 Å². The summed E-state index contributed by atoms with van der Waals surface area (Å²) in [6, 6.07) is 23.8. The number of benzene rings is 3. The zero-order valence-electron chi connectivity index (χ0n) is 19.5. The van der Waals surface area contributed by atoms with Gasteiger partial charge in [0.05, 0.1) is 25.8 Å². The molecule has 178 valence electrons. The monoisotopic (exact) mass is 470 g/mol. The largest absolute Gasteiger partial charge is 0.497 e. The Bertz CT molecular complexity index is 1300. The molecule has 1 heterocycles. The maximum Gasteiger partial charge on any atom is 0.273 e. The van der Waals surface area contributed by atoms with Crippen LogP contribution in [0, 0.1) is 0 Å². The van der Waals surface area contributed by atoms with E-state index < -0.39 is 11.8 Å². The Morgan fingerprint density at radius 1 is 0.886 bits per heavy atom. The van der Waals surface area contributed by atoms with Gasteiger partial charge >= 0.3 is 0 Å². The Morgan fingerprint density at radius 3 is 2.34 bits per heavy atom. The summed E-state index contributed by atoms with van der Waals surface area (Å²) in [7, 11) is 1.58. The van der Waals surface area contributed by atoms with Crippen LogP contribution in [-0.4, -0.2) is 35.3 Å². The van der Waals surface area contributed by atoms with Crippen molar-refractivity contribution in [3.63, 3.8) is 0 Å². The first kappa shape index (κ1) is 23.6. The van der Waals surface area contributed by atoms with Gasteiger partial charge in [0.1, 0.15) is 17.2 Å². The standard InChI is InChI=1S/C27H26N4O4/c1-3-35-22-14-12-20(13-15-22)26(32)28-29-27(33)24-18-31(17-19-8-5-4-6-9-19)30-25(24)21-10-7-11-23(16-21)34-2/h4-16,18H,3,17H2,1-2H3,(H,28,32)(H,29,33). The summed E-state index contributed by atoms with van der Waals surface area (Å²) in [6.07, 6.45) is 1.67. The number of hydrazine groups is 1. The highest BCUT2D eigenvalue weighted by Gasteiger charge is 2.19. The molecule has 4 aromatic rings. The number of hydrogen-bond acceptors (Lipinski definition) is 5. The second-order valence-electron chi connectivity index (χ2n) is 7.67. The van der Waals surface area contributed by atoms with Crippen molar-refractivity contribution in [3.8, 4) is 22.8 Å². The maximum atomic E-state index is 13.1. The number of amides is 2. The quantitative estimate of drug-likeness (QED) is 0.379. The fraction of sp³-hybridized carbons (Fsp3) is 0.148. The summed E-state index contributed by atoms with van der Waals surface area (Å²) in [5.74, 6) is 0.388. The van der Waals surface area contributed by atoms with Gasteiger partial charge in [0.25, 0.3) is 11.8 Å². The van der Waals surface area contributed by atoms with Gasteiger partial charge in [-0.25, -0.2) is 0 Å². The lowest BCUT2D eigenvalue weighted by atomic mass is 10.1. The van der Waals surface area contributed by atoms with Gasteiger partial charge in [0.15, 0.2) is 0 Å². The molecule has 0 radical (unpaired) electrons. The Morgan fingerprint density at radius 2 is 1.63 bits per heavy atom. The van der Waals surface area contributed by atoms with E-state index in [1.165, 1.54) is 0 Å². The van der Waals surface area contributed by atoms with E-state index in [2.05, 4.69) is 16.0 Å². The molecule has 0 fully saturated rings. The first-order valence-corrected chi connectivity index (χ1v) is 11.2. The Hall–Kier alpha value is -4.59. The highest BCUT2D eigenvalue weighted by Crippen LogP contribution is 2.26. The molecule has 8 nitrogen and oxygen atoms in total. The Labute approximate surface area is 203 Å². The minimum absolute atomic E-state index is 0.321. The number of methoxy groups -OCH3 is 1. The van der Waals surface area contributed by atoms with Gasteiger partial charge in [-0.15, -0.1) is 0 Å². The van der Waals surface area contributed by atoms with Crippen LogP contribution in [0.2, 0.25) is 0 Å². The van der Waals surface area contributed by atoms with Crippen LogP contribution < -0.4 is 20.3 Å². The van der Waals surface area contributed by atoms with E-state index >= 15 is 0 Å². The summed E-state index contributed by atoms with van der Waals surface area (Å²) >= 11 is 0. The molecular weight excluding hydrogens is 444 g/mol. The summed E-state index contributed by atoms with van der Waals surface area (Å²) in [5.41, 5.74) is 7.92. The molecule has 2 N–H and O–H groups in total. The van der Waals surface area contributed by atoms with Crippen molar-refractivity contribution in [2.75, 3.05) is 13.7 Å². The van der Waals surface area contributed by atoms with Crippen LogP contribution >= 0.6 is 0 Å². The van der Waals surface area contributed by atoms with Crippen LogP contribution in [0.25, 0.3) is 11.3 Å². The van der Waals surface area contributed by atoms with Crippen LogP contribution in [0.1, 0.15) is 33.2 Å². The van der Waals surface area contributed by atoms with E-state index in [9.17, 15) is 9.59 Å². The van der Waals surface area contributed by atoms with Crippen molar-refractivity contribution in [2.45, 2.75) is 13.5 Å². The molecular formula is C27H26N4O4. The summed E-state index contributed by atoms with van der Waals surface area (Å²) in [6.45, 7) is 2.91. The van der Waals surface area contributed by atoms with Gasteiger partial charge in [-0.3, -0.25) is 25.1 Å². The molecule has 0 bridgehead atoms. The van der Waals surface area contributed by atoms with Gasteiger partial charge in [0, 0.05) is 17.3 Å². The van der Waals surface area contributed by atoms with Crippen molar-refractivity contribution in [1.82, 2.24) is 20.6 Å². The van der Waals surface area contributed by atoms with Crippen molar-refractivity contribution >= 4 is 11.8 Å². The number of rotatable bonds is 8. The predicted molar refractivity (Wildman–Crippen MR) is 132 cm³/mol. The molecule has 1 aromatic heterocycles. The normalized spacial score (nSPS) is 10.5. The van der Waals surface area contributed by atoms with Crippen LogP contribution in [0.3, 0.4) is 0 Å². The number of ether oxygens (including phenoxy) is 2. The third-order valence-electron chi connectivity index (χ3n) is 5.25. The fourth-order valence-corrected chi connectivity index (χ4v) is 3.54. The van der Waals surface area contributed by atoms with Crippen LogP contribution in [0.15, 0.2) is 85.1 Å². The molecule has 0 saturated carbocycles. The number of hydrogen-bond donors (Lipinski definition) is 2. The van der Waals surface area contributed by atoms with Gasteiger partial charge in [-0.1, -0.05) is 42.5 Å². The molecule has 0 aliphatic carbocycles. The molecule has 35 heavy (non-hydrogen) atoms. The SMILES string of the molecule is CCOc1ccc(C(=O)NNC(=O)c2cn(Cc3ccccc3)nc2-c2cccc(OC)c2)cc1. The smallest absolute Gasteiger partial charge is 0.273 e. The molecule has 0 atom stereocenters. The second-order valence-corrected chi connectivity index (χ2v) is 7.67. The molecule has 0 spiro atoms. The van der Waals surface area contributed by atoms with E-state index in [1.807, 2.05) is 61.5 Å². The van der Waals surface area contributed by atoms with Crippen LogP contribution in [0.4, 0.5) is 0 Å². The number of carbonyl (C=O) groups is 2. The molecule has 3 aromatic carbocycles. The number of nitrogens with one attached hydrogen (secondary N) is 2. The fourth-order valence-electron chi connectivity index (χ4n) is 3.54. The predicted octanol–water partition coefficient (Wildman–Crippen LogP) is 4.08. The molecule has 4 rings (SSSR count). The minimum atomic E-state index is -0.485. The van der Waals surface area contributed by atoms with Crippen LogP contribution in [-0.2, 0) is 6.54 Å². The molecule has 0 unspecified atom stereocenters. The highest BCUT2D eigenvalue weighted by molar-refractivity contribution is 6.02. The molecule has 0 aliphatic heterocycles. The number of aromatic nitrogens is 2. The molecule has 2 amide bonds. The van der Waals surface area contributed by atoms with E-state index in [1.54, 1.807) is 42.3 Å². The van der Waals surface area contributed by atoms with Crippen molar-refractivity contribution < 1.29 is 19.1 Å². The number of carbonyl (C=O) groups excluding carboxylic acids is 2. The minimum Gasteiger partial charge on any atom is -0.497 e. The molecule has 0 saturated heterocycles. The van der Waals surface area contributed by atoms with Gasteiger partial charge in [-0.2, -0.15) is 5.10 Å². The first-order valence-electron chi connectivity index (χ1n) is 11.2. The summed E-state index contributed by atoms with van der Waals surface area (Å²) in [5, 5.41) is 4.66. The van der Waals surface area contributed by atoms with Gasteiger partial charge in [0.2, 0.25) is 0 Å². The lowest BCUT2D eigenvalue weighted by Gasteiger charge is -2.09. The van der Waals surface area contributed by atoms with Gasteiger partial charge < -0.3 is 9.47 Å². The third-order valence-corrected chi connectivity index (χ3v) is 5.25. The molecule has 8 heteroatoms. The second kappa shape index (κ2) is 11.0. The van der Waals surface area contributed by atoms with Crippen molar-refractivity contribution in [3.05, 3.63) is 102 Å². The average Bonchev–Trinajstić information content (AvgIpc) is 3.32. The van der Waals surface area contributed by atoms with Crippen molar-refractivity contribution in [2.24, 2.45) is 0 Å². The Balaban J connectivity index is 1.55. The summed E-state index contributed by atoms with van der Waals surface area (Å²) in [4.78, 5) is 25.6. The van der Waals surface area contributed by atoms with Crippen molar-refractivity contribution in [1.29, 1.82) is 0 Å². The third kappa shape index (κ3) is 5.86. The lowest BCUT2D eigenvalue weighted by Crippen LogP contribution is -2.41. The Kier molecular flexibility index (Phi) is 7.42. The maximum absolute atomic E-state index is 13.1. The van der Waals surface area contributed by atoms with Crippen LogP contribution in [0.5, 0.6) is 11.5 Å². The summed E-state index contributed by atoms with van der Waals surface area (Å²) < 4.78 is 12.4. The average molecular weight is 471 g/mol. The zero-order chi connectivity index (χ0) is 24.6. The first-order chi connectivity index (χ1) is 17.1. The molecule has 0 aliphatic rings. The van der Waals surface area contributed by atoms with Gasteiger partial charge in [-0.05, 0) is 48.9 Å². The van der Waals surface area contributed by atoms with E-state index in [4.69, 9.17) is 9.47 Å². The van der Waals surface area contributed by atoms with E-state index in [0.29, 0.717) is 41.5 Å². The zero-order valence-corrected chi connectivity index (χ0v) is 19.5.